The number of carbonyl (C=O) groups is 2. The molecule has 0 bridgehead atoms. The first-order valence-corrected chi connectivity index (χ1v) is 12.4. The van der Waals surface area contributed by atoms with Gasteiger partial charge in [0.05, 0.1) is 5.56 Å². The van der Waals surface area contributed by atoms with E-state index in [4.69, 9.17) is 4.52 Å². The van der Waals surface area contributed by atoms with Crippen molar-refractivity contribution in [2.24, 2.45) is 0 Å². The number of amides is 2. The summed E-state index contributed by atoms with van der Waals surface area (Å²) in [5, 5.41) is 6.96. The summed E-state index contributed by atoms with van der Waals surface area (Å²) >= 11 is 0. The van der Waals surface area contributed by atoms with Gasteiger partial charge in [-0.1, -0.05) is 23.7 Å². The molecule has 1 aliphatic heterocycles. The number of likely N-dealkylation sites (N-methyl/N-ethyl adjacent to an activating group) is 1. The van der Waals surface area contributed by atoms with E-state index in [0.29, 0.717) is 42.4 Å². The molecule has 0 saturated carbocycles. The zero-order chi connectivity index (χ0) is 25.3. The number of hydrogen-bond acceptors (Lipinski definition) is 6. The SMILES string of the molecule is CN(CCc1noc(-c2ccc(C(=O)NCCCN3CCCCC3)cc2)n1)C(=O)c1ccccc1F. The van der Waals surface area contributed by atoms with Crippen LogP contribution in [0.15, 0.2) is 53.1 Å². The summed E-state index contributed by atoms with van der Waals surface area (Å²) in [6.07, 6.45) is 5.16. The minimum Gasteiger partial charge on any atom is -0.352 e. The normalized spacial score (nSPS) is 13.9. The van der Waals surface area contributed by atoms with E-state index in [1.165, 1.54) is 36.3 Å². The van der Waals surface area contributed by atoms with Gasteiger partial charge in [0.25, 0.3) is 17.7 Å². The van der Waals surface area contributed by atoms with Crippen LogP contribution in [0.1, 0.15) is 52.2 Å². The van der Waals surface area contributed by atoms with Crippen molar-refractivity contribution in [3.8, 4) is 11.5 Å². The van der Waals surface area contributed by atoms with Crippen LogP contribution in [-0.2, 0) is 6.42 Å². The number of nitrogens with zero attached hydrogens (tertiary/aromatic N) is 4. The molecule has 0 spiro atoms. The van der Waals surface area contributed by atoms with E-state index in [1.54, 1.807) is 43.4 Å². The fraction of sp³-hybridized carbons (Fsp3) is 0.407. The second-order valence-corrected chi connectivity index (χ2v) is 9.06. The topological polar surface area (TPSA) is 91.6 Å². The molecule has 1 fully saturated rings. The van der Waals surface area contributed by atoms with E-state index in [-0.39, 0.29) is 11.5 Å². The molecule has 3 aromatic rings. The molecule has 1 N–H and O–H groups in total. The Balaban J connectivity index is 1.24. The van der Waals surface area contributed by atoms with Crippen LogP contribution < -0.4 is 5.32 Å². The van der Waals surface area contributed by atoms with Crippen LogP contribution in [-0.4, -0.2) is 71.5 Å². The van der Waals surface area contributed by atoms with Crippen molar-refractivity contribution in [3.63, 3.8) is 0 Å². The van der Waals surface area contributed by atoms with Crippen molar-refractivity contribution in [2.75, 3.05) is 39.8 Å². The van der Waals surface area contributed by atoms with Crippen LogP contribution in [0.25, 0.3) is 11.5 Å². The second kappa shape index (κ2) is 12.4. The Morgan fingerprint density at radius 1 is 1.08 bits per heavy atom. The van der Waals surface area contributed by atoms with E-state index in [0.717, 1.165) is 26.1 Å². The van der Waals surface area contributed by atoms with Gasteiger partial charge in [0.15, 0.2) is 5.82 Å². The third-order valence-electron chi connectivity index (χ3n) is 6.37. The standard InChI is InChI=1S/C27H32FN5O3/c1-32(27(35)22-8-3-4-9-23(22)28)19-14-24-30-26(36-31-24)21-12-10-20(11-13-21)25(34)29-15-7-18-33-16-5-2-6-17-33/h3-4,8-13H,2,5-7,14-19H2,1H3,(H,29,34). The molecule has 2 amide bonds. The summed E-state index contributed by atoms with van der Waals surface area (Å²) in [6, 6.07) is 12.9. The molecule has 8 nitrogen and oxygen atoms in total. The Bertz CT molecular complexity index is 1160. The third kappa shape index (κ3) is 6.75. The van der Waals surface area contributed by atoms with Gasteiger partial charge in [0.1, 0.15) is 5.82 Å². The zero-order valence-corrected chi connectivity index (χ0v) is 20.6. The molecule has 1 aliphatic rings. The maximum Gasteiger partial charge on any atom is 0.257 e. The van der Waals surface area contributed by atoms with E-state index in [2.05, 4.69) is 20.4 Å². The molecule has 0 aliphatic carbocycles. The third-order valence-corrected chi connectivity index (χ3v) is 6.37. The summed E-state index contributed by atoms with van der Waals surface area (Å²) < 4.78 is 19.2. The van der Waals surface area contributed by atoms with Gasteiger partial charge >= 0.3 is 0 Å². The van der Waals surface area contributed by atoms with Crippen molar-refractivity contribution in [2.45, 2.75) is 32.1 Å². The van der Waals surface area contributed by atoms with E-state index in [1.807, 2.05) is 0 Å². The molecule has 0 unspecified atom stereocenters. The maximum atomic E-state index is 13.9. The average molecular weight is 494 g/mol. The van der Waals surface area contributed by atoms with Crippen molar-refractivity contribution in [1.82, 2.24) is 25.3 Å². The lowest BCUT2D eigenvalue weighted by molar-refractivity contribution is 0.0790. The number of halogens is 1. The Kier molecular flexibility index (Phi) is 8.78. The highest BCUT2D eigenvalue weighted by Crippen LogP contribution is 2.18. The molecule has 4 rings (SSSR count). The van der Waals surface area contributed by atoms with Gasteiger partial charge in [-0.25, -0.2) is 4.39 Å². The van der Waals surface area contributed by atoms with Gasteiger partial charge in [-0.3, -0.25) is 9.59 Å². The molecule has 0 atom stereocenters. The fourth-order valence-electron chi connectivity index (χ4n) is 4.24. The summed E-state index contributed by atoms with van der Waals surface area (Å²) in [4.78, 5) is 33.2. The van der Waals surface area contributed by atoms with Crippen molar-refractivity contribution >= 4 is 11.8 Å². The largest absolute Gasteiger partial charge is 0.352 e. The summed E-state index contributed by atoms with van der Waals surface area (Å²) in [6.45, 7) is 4.30. The van der Waals surface area contributed by atoms with E-state index < -0.39 is 11.7 Å². The van der Waals surface area contributed by atoms with Crippen LogP contribution in [0.4, 0.5) is 4.39 Å². The smallest absolute Gasteiger partial charge is 0.257 e. The fourth-order valence-corrected chi connectivity index (χ4v) is 4.24. The number of rotatable bonds is 10. The molecule has 2 aromatic carbocycles. The molecule has 2 heterocycles. The highest BCUT2D eigenvalue weighted by Gasteiger charge is 2.17. The van der Waals surface area contributed by atoms with Crippen LogP contribution in [0, 0.1) is 5.82 Å². The maximum absolute atomic E-state index is 13.9. The Labute approximate surface area is 210 Å². The Hall–Kier alpha value is -3.59. The summed E-state index contributed by atoms with van der Waals surface area (Å²) in [7, 11) is 1.60. The molecule has 1 aromatic heterocycles. The van der Waals surface area contributed by atoms with E-state index in [9.17, 15) is 14.0 Å². The summed E-state index contributed by atoms with van der Waals surface area (Å²) in [5.74, 6) is -0.285. The first-order chi connectivity index (χ1) is 17.5. The number of hydrogen-bond donors (Lipinski definition) is 1. The predicted molar refractivity (Wildman–Crippen MR) is 134 cm³/mol. The van der Waals surface area contributed by atoms with Gasteiger partial charge in [0, 0.05) is 37.7 Å². The lowest BCUT2D eigenvalue weighted by Crippen LogP contribution is -2.33. The van der Waals surface area contributed by atoms with Gasteiger partial charge in [-0.05, 0) is 75.3 Å². The van der Waals surface area contributed by atoms with Gasteiger partial charge in [-0.15, -0.1) is 0 Å². The van der Waals surface area contributed by atoms with Crippen LogP contribution in [0.5, 0.6) is 0 Å². The minimum absolute atomic E-state index is 0.0277. The number of aromatic nitrogens is 2. The number of likely N-dealkylation sites (tertiary alicyclic amines) is 1. The Morgan fingerprint density at radius 2 is 1.83 bits per heavy atom. The summed E-state index contributed by atoms with van der Waals surface area (Å²) in [5.41, 5.74) is 1.30. The average Bonchev–Trinajstić information content (AvgIpc) is 3.39. The quantitative estimate of drug-likeness (QED) is 0.432. The minimum atomic E-state index is -0.550. The molecule has 190 valence electrons. The highest BCUT2D eigenvalue weighted by atomic mass is 19.1. The lowest BCUT2D eigenvalue weighted by atomic mass is 10.1. The van der Waals surface area contributed by atoms with Gasteiger partial charge in [-0.2, -0.15) is 4.98 Å². The Morgan fingerprint density at radius 3 is 2.58 bits per heavy atom. The lowest BCUT2D eigenvalue weighted by Gasteiger charge is -2.26. The first-order valence-electron chi connectivity index (χ1n) is 12.4. The highest BCUT2D eigenvalue weighted by molar-refractivity contribution is 5.95. The molecule has 0 radical (unpaired) electrons. The molecular weight excluding hydrogens is 461 g/mol. The van der Waals surface area contributed by atoms with Crippen molar-refractivity contribution in [1.29, 1.82) is 0 Å². The number of benzene rings is 2. The molecular formula is C27H32FN5O3. The van der Waals surface area contributed by atoms with Crippen LogP contribution in [0.3, 0.4) is 0 Å². The zero-order valence-electron chi connectivity index (χ0n) is 20.6. The number of nitrogens with one attached hydrogen (secondary N) is 1. The number of piperidine rings is 1. The van der Waals surface area contributed by atoms with E-state index >= 15 is 0 Å². The van der Waals surface area contributed by atoms with Gasteiger partial charge < -0.3 is 19.6 Å². The first kappa shape index (κ1) is 25.5. The van der Waals surface area contributed by atoms with Crippen molar-refractivity contribution in [3.05, 3.63) is 71.3 Å². The van der Waals surface area contributed by atoms with Gasteiger partial charge in [0.2, 0.25) is 0 Å². The number of carbonyl (C=O) groups excluding carboxylic acids is 2. The predicted octanol–water partition coefficient (Wildman–Crippen LogP) is 3.80. The molecule has 1 saturated heterocycles. The van der Waals surface area contributed by atoms with Crippen LogP contribution in [0.2, 0.25) is 0 Å². The van der Waals surface area contributed by atoms with Crippen molar-refractivity contribution < 1.29 is 18.5 Å². The monoisotopic (exact) mass is 493 g/mol. The molecule has 36 heavy (non-hydrogen) atoms. The second-order valence-electron chi connectivity index (χ2n) is 9.06. The molecule has 9 heteroatoms. The van der Waals surface area contributed by atoms with Crippen LogP contribution >= 0.6 is 0 Å².